The first kappa shape index (κ1) is 14.5. The van der Waals surface area contributed by atoms with Crippen LogP contribution in [0.25, 0.3) is 10.8 Å². The van der Waals surface area contributed by atoms with E-state index in [1.54, 1.807) is 0 Å². The highest BCUT2D eigenvalue weighted by atomic mass is 127. The van der Waals surface area contributed by atoms with Crippen molar-refractivity contribution in [1.82, 2.24) is 0 Å². The lowest BCUT2D eigenvalue weighted by Gasteiger charge is -2.24. The first-order chi connectivity index (χ1) is 10.9. The maximum Gasteiger partial charge on any atom is 0.330 e. The van der Waals surface area contributed by atoms with Crippen molar-refractivity contribution in [3.63, 3.8) is 0 Å². The molecule has 2 aliphatic rings. The third-order valence-electron chi connectivity index (χ3n) is 4.32. The molecule has 0 amide bonds. The number of guanidine groups is 1. The Hall–Kier alpha value is -2.12. The van der Waals surface area contributed by atoms with E-state index in [-0.39, 0.29) is 24.0 Å². The summed E-state index contributed by atoms with van der Waals surface area (Å²) in [6.07, 6.45) is 0. The molecule has 0 saturated heterocycles. The van der Waals surface area contributed by atoms with E-state index in [2.05, 4.69) is 63.8 Å². The van der Waals surface area contributed by atoms with Crippen LogP contribution in [0.4, 0.5) is 17.1 Å². The van der Waals surface area contributed by atoms with Gasteiger partial charge in [0.2, 0.25) is 0 Å². The number of para-hydroxylation sites is 1. The molecular formula is C18H15IN4. The number of hydrogen-bond donors (Lipinski definition) is 1. The third kappa shape index (κ3) is 2.19. The SMILES string of the molecule is [I-].c1ccc(N2CN3C(=N2)[NH2+]c2cccc4cccc3c24)cc1. The molecule has 0 aliphatic carbocycles. The molecule has 0 saturated carbocycles. The van der Waals surface area contributed by atoms with Gasteiger partial charge in [-0.1, -0.05) is 47.6 Å². The molecule has 5 rings (SSSR count). The predicted molar refractivity (Wildman–Crippen MR) is 89.2 cm³/mol. The van der Waals surface area contributed by atoms with Gasteiger partial charge in [0, 0.05) is 6.07 Å². The van der Waals surface area contributed by atoms with Crippen molar-refractivity contribution < 1.29 is 29.3 Å². The summed E-state index contributed by atoms with van der Waals surface area (Å²) in [7, 11) is 0. The second kappa shape index (κ2) is 5.50. The zero-order chi connectivity index (χ0) is 14.5. The minimum absolute atomic E-state index is 0. The minimum atomic E-state index is 0. The summed E-state index contributed by atoms with van der Waals surface area (Å²) in [5.41, 5.74) is 3.61. The molecule has 3 aromatic carbocycles. The van der Waals surface area contributed by atoms with E-state index >= 15 is 0 Å². The Balaban J connectivity index is 0.00000135. The quantitative estimate of drug-likeness (QED) is 0.435. The van der Waals surface area contributed by atoms with Crippen LogP contribution in [0, 0.1) is 0 Å². The van der Waals surface area contributed by atoms with Crippen molar-refractivity contribution >= 4 is 33.8 Å². The second-order valence-corrected chi connectivity index (χ2v) is 5.63. The molecule has 23 heavy (non-hydrogen) atoms. The van der Waals surface area contributed by atoms with Crippen molar-refractivity contribution in [3.05, 3.63) is 66.7 Å². The van der Waals surface area contributed by atoms with Gasteiger partial charge in [-0.05, 0) is 23.6 Å². The number of nitrogens with two attached hydrogens (primary N) is 1. The van der Waals surface area contributed by atoms with Crippen LogP contribution in [0.1, 0.15) is 0 Å². The molecule has 4 nitrogen and oxygen atoms in total. The summed E-state index contributed by atoms with van der Waals surface area (Å²) in [6.45, 7) is 0.753. The van der Waals surface area contributed by atoms with Crippen LogP contribution in [0.5, 0.6) is 0 Å². The Kier molecular flexibility index (Phi) is 3.46. The molecule has 0 fully saturated rings. The van der Waals surface area contributed by atoms with Crippen LogP contribution in [-0.4, -0.2) is 12.6 Å². The number of fused-ring (bicyclic) bond motifs is 2. The molecule has 2 N–H and O–H groups in total. The van der Waals surface area contributed by atoms with Gasteiger partial charge in [-0.15, -0.1) is 0 Å². The molecule has 0 spiro atoms. The molecule has 0 unspecified atom stereocenters. The molecule has 2 heterocycles. The smallest absolute Gasteiger partial charge is 0.330 e. The molecular weight excluding hydrogens is 399 g/mol. The monoisotopic (exact) mass is 414 g/mol. The Morgan fingerprint density at radius 3 is 2.48 bits per heavy atom. The summed E-state index contributed by atoms with van der Waals surface area (Å²) < 4.78 is 0. The minimum Gasteiger partial charge on any atom is -1.00 e. The average Bonchev–Trinajstić information content (AvgIpc) is 3.00. The van der Waals surface area contributed by atoms with Gasteiger partial charge in [-0.2, -0.15) is 0 Å². The number of quaternary nitrogens is 1. The summed E-state index contributed by atoms with van der Waals surface area (Å²) in [5, 5.41) is 11.6. The molecule has 3 aromatic rings. The van der Waals surface area contributed by atoms with Crippen molar-refractivity contribution in [2.24, 2.45) is 5.10 Å². The van der Waals surface area contributed by atoms with Crippen LogP contribution in [-0.2, 0) is 0 Å². The van der Waals surface area contributed by atoms with Crippen LogP contribution >= 0.6 is 0 Å². The third-order valence-corrected chi connectivity index (χ3v) is 4.32. The maximum atomic E-state index is 4.79. The van der Waals surface area contributed by atoms with Gasteiger partial charge in [-0.3, -0.25) is 4.90 Å². The van der Waals surface area contributed by atoms with Crippen molar-refractivity contribution in [1.29, 1.82) is 0 Å². The lowest BCUT2D eigenvalue weighted by Crippen LogP contribution is -3.00. The molecule has 0 bridgehead atoms. The fourth-order valence-corrected chi connectivity index (χ4v) is 3.30. The summed E-state index contributed by atoms with van der Waals surface area (Å²) in [5.74, 6) is 1.01. The van der Waals surface area contributed by atoms with Crippen LogP contribution in [0.2, 0.25) is 0 Å². The van der Waals surface area contributed by atoms with E-state index in [0.29, 0.717) is 0 Å². The van der Waals surface area contributed by atoms with E-state index in [1.165, 1.54) is 22.1 Å². The Bertz CT molecular complexity index is 902. The number of anilines is 2. The van der Waals surface area contributed by atoms with Crippen molar-refractivity contribution in [2.45, 2.75) is 0 Å². The Labute approximate surface area is 151 Å². The lowest BCUT2D eigenvalue weighted by molar-refractivity contribution is -0.444. The molecule has 0 atom stereocenters. The number of hydrogen-bond acceptors (Lipinski definition) is 3. The Morgan fingerprint density at radius 2 is 1.65 bits per heavy atom. The molecule has 5 heteroatoms. The van der Waals surface area contributed by atoms with Crippen LogP contribution < -0.4 is 39.2 Å². The van der Waals surface area contributed by atoms with E-state index in [4.69, 9.17) is 5.10 Å². The summed E-state index contributed by atoms with van der Waals surface area (Å²) in [6, 6.07) is 23.2. The highest BCUT2D eigenvalue weighted by Crippen LogP contribution is 2.35. The first-order valence-corrected chi connectivity index (χ1v) is 7.45. The summed E-state index contributed by atoms with van der Waals surface area (Å²) in [4.78, 5) is 2.28. The van der Waals surface area contributed by atoms with Crippen molar-refractivity contribution in [3.8, 4) is 0 Å². The number of benzene rings is 3. The summed E-state index contributed by atoms with van der Waals surface area (Å²) >= 11 is 0. The zero-order valence-corrected chi connectivity index (χ0v) is 14.5. The predicted octanol–water partition coefficient (Wildman–Crippen LogP) is -0.393. The van der Waals surface area contributed by atoms with Crippen molar-refractivity contribution in [2.75, 3.05) is 16.6 Å². The van der Waals surface area contributed by atoms with Gasteiger partial charge in [0.25, 0.3) is 0 Å². The van der Waals surface area contributed by atoms with Gasteiger partial charge in [0.15, 0.2) is 0 Å². The van der Waals surface area contributed by atoms with Crippen LogP contribution in [0.3, 0.4) is 0 Å². The average molecular weight is 414 g/mol. The maximum absolute atomic E-state index is 4.79. The van der Waals surface area contributed by atoms with E-state index in [9.17, 15) is 0 Å². The topological polar surface area (TPSA) is 35.5 Å². The molecule has 0 radical (unpaired) electrons. The van der Waals surface area contributed by atoms with E-state index < -0.39 is 0 Å². The fraction of sp³-hybridized carbons (Fsp3) is 0.0556. The van der Waals surface area contributed by atoms with Gasteiger partial charge < -0.3 is 24.0 Å². The van der Waals surface area contributed by atoms with E-state index in [1.807, 2.05) is 18.2 Å². The number of nitrogens with zero attached hydrogens (tertiary/aromatic N) is 3. The van der Waals surface area contributed by atoms with Crippen LogP contribution in [0.15, 0.2) is 71.8 Å². The molecule has 2 aliphatic heterocycles. The first-order valence-electron chi connectivity index (χ1n) is 7.45. The van der Waals surface area contributed by atoms with Gasteiger partial charge in [-0.25, -0.2) is 10.3 Å². The zero-order valence-electron chi connectivity index (χ0n) is 12.4. The fourth-order valence-electron chi connectivity index (χ4n) is 3.30. The standard InChI is InChI=1S/C18H14N4.HI/c1-2-8-14(9-3-1)22-12-21-16-11-5-7-13-6-4-10-15(17(13)16)19-18(21)20-22;/h1-11H,12H2,(H,19,20);1H. The highest BCUT2D eigenvalue weighted by Gasteiger charge is 2.34. The largest absolute Gasteiger partial charge is 1.00 e. The Morgan fingerprint density at radius 1 is 0.870 bits per heavy atom. The normalized spacial score (nSPS) is 15.2. The highest BCUT2D eigenvalue weighted by molar-refractivity contribution is 6.11. The molecule has 0 aromatic heterocycles. The second-order valence-electron chi connectivity index (χ2n) is 5.63. The lowest BCUT2D eigenvalue weighted by atomic mass is 10.0. The van der Waals surface area contributed by atoms with Gasteiger partial charge in [0.05, 0.1) is 16.8 Å². The number of rotatable bonds is 1. The van der Waals surface area contributed by atoms with E-state index in [0.717, 1.165) is 18.3 Å². The number of halogens is 1. The van der Waals surface area contributed by atoms with Gasteiger partial charge in [0.1, 0.15) is 12.4 Å². The van der Waals surface area contributed by atoms with Gasteiger partial charge >= 0.3 is 5.96 Å². The molecule has 114 valence electrons. The number of hydrazone groups is 1.